The first kappa shape index (κ1) is 18.2. The normalized spacial score (nSPS) is 16.0. The summed E-state index contributed by atoms with van der Waals surface area (Å²) in [7, 11) is -3.48. The summed E-state index contributed by atoms with van der Waals surface area (Å²) in [5, 5.41) is 0.0661. The van der Waals surface area contributed by atoms with Gasteiger partial charge in [0.05, 0.1) is 6.54 Å². The van der Waals surface area contributed by atoms with Gasteiger partial charge < -0.3 is 4.42 Å². The maximum atomic E-state index is 12.6. The Morgan fingerprint density at radius 1 is 1.08 bits per heavy atom. The second-order valence-corrected chi connectivity index (χ2v) is 8.43. The van der Waals surface area contributed by atoms with Gasteiger partial charge in [-0.15, -0.1) is 0 Å². The molecule has 1 fully saturated rings. The van der Waals surface area contributed by atoms with Crippen molar-refractivity contribution in [2.24, 2.45) is 0 Å². The molecule has 0 radical (unpaired) electrons. The third-order valence-corrected chi connectivity index (χ3v) is 6.55. The Kier molecular flexibility index (Phi) is 5.61. The van der Waals surface area contributed by atoms with Crippen LogP contribution in [0.15, 0.2) is 45.9 Å². The summed E-state index contributed by atoms with van der Waals surface area (Å²) in [6, 6.07) is 11.7. The first-order valence-electron chi connectivity index (χ1n) is 8.86. The second-order valence-electron chi connectivity index (χ2n) is 6.56. The van der Waals surface area contributed by atoms with Crippen molar-refractivity contribution in [2.75, 3.05) is 19.6 Å². The van der Waals surface area contributed by atoms with E-state index in [2.05, 4.69) is 30.9 Å². The monoisotopic (exact) mass is 362 g/mol. The Morgan fingerprint density at radius 2 is 1.80 bits per heavy atom. The van der Waals surface area contributed by atoms with Gasteiger partial charge in [0.15, 0.2) is 0 Å². The van der Waals surface area contributed by atoms with Gasteiger partial charge in [0, 0.05) is 19.6 Å². The van der Waals surface area contributed by atoms with E-state index in [0.29, 0.717) is 25.4 Å². The molecular formula is C19H26N2O3S. The number of hydrogen-bond donors (Lipinski definition) is 0. The summed E-state index contributed by atoms with van der Waals surface area (Å²) in [6.07, 6.45) is 1.85. The molecule has 2 heterocycles. The molecule has 0 saturated carbocycles. The lowest BCUT2D eigenvalue weighted by molar-refractivity contribution is 0.238. The molecule has 6 heteroatoms. The van der Waals surface area contributed by atoms with E-state index in [1.807, 2.05) is 12.1 Å². The largest absolute Gasteiger partial charge is 0.447 e. The molecule has 1 aromatic heterocycles. The predicted molar refractivity (Wildman–Crippen MR) is 97.7 cm³/mol. The minimum Gasteiger partial charge on any atom is -0.447 e. The zero-order valence-corrected chi connectivity index (χ0v) is 15.8. The van der Waals surface area contributed by atoms with Crippen LogP contribution in [0.1, 0.15) is 36.7 Å². The zero-order valence-electron chi connectivity index (χ0n) is 14.9. The van der Waals surface area contributed by atoms with Crippen LogP contribution in [0.2, 0.25) is 0 Å². The lowest BCUT2D eigenvalue weighted by atomic mass is 10.1. The highest BCUT2D eigenvalue weighted by Crippen LogP contribution is 2.23. The van der Waals surface area contributed by atoms with Crippen LogP contribution in [-0.2, 0) is 23.1 Å². The Morgan fingerprint density at radius 3 is 2.48 bits per heavy atom. The summed E-state index contributed by atoms with van der Waals surface area (Å²) in [6.45, 7) is 7.67. The fourth-order valence-corrected chi connectivity index (χ4v) is 4.61. The van der Waals surface area contributed by atoms with Crippen molar-refractivity contribution >= 4 is 10.0 Å². The summed E-state index contributed by atoms with van der Waals surface area (Å²) in [5.41, 5.74) is 2.54. The van der Waals surface area contributed by atoms with Crippen molar-refractivity contribution in [2.45, 2.75) is 44.9 Å². The van der Waals surface area contributed by atoms with E-state index in [-0.39, 0.29) is 5.09 Å². The maximum absolute atomic E-state index is 12.6. The van der Waals surface area contributed by atoms with Gasteiger partial charge >= 0.3 is 0 Å². The number of aryl methyl sites for hydroxylation is 1. The summed E-state index contributed by atoms with van der Waals surface area (Å²) >= 11 is 0. The van der Waals surface area contributed by atoms with Crippen LogP contribution in [0.5, 0.6) is 0 Å². The first-order valence-corrected chi connectivity index (χ1v) is 10.3. The van der Waals surface area contributed by atoms with E-state index in [4.69, 9.17) is 4.42 Å². The molecule has 0 unspecified atom stereocenters. The van der Waals surface area contributed by atoms with Gasteiger partial charge in [-0.05, 0) is 49.6 Å². The topological polar surface area (TPSA) is 53.8 Å². The van der Waals surface area contributed by atoms with Gasteiger partial charge in [-0.1, -0.05) is 31.2 Å². The highest BCUT2D eigenvalue weighted by molar-refractivity contribution is 7.89. The summed E-state index contributed by atoms with van der Waals surface area (Å²) in [4.78, 5) is 2.24. The van der Waals surface area contributed by atoms with Gasteiger partial charge in [0.2, 0.25) is 5.09 Å². The maximum Gasteiger partial charge on any atom is 0.276 e. The van der Waals surface area contributed by atoms with Crippen LogP contribution in [0, 0.1) is 6.92 Å². The van der Waals surface area contributed by atoms with Crippen molar-refractivity contribution in [3.63, 3.8) is 0 Å². The average Bonchev–Trinajstić information content (AvgIpc) is 3.28. The van der Waals surface area contributed by atoms with Crippen molar-refractivity contribution in [1.29, 1.82) is 0 Å². The zero-order chi connectivity index (χ0) is 17.9. The molecule has 1 aliphatic heterocycles. The van der Waals surface area contributed by atoms with E-state index in [1.54, 1.807) is 12.1 Å². The lowest BCUT2D eigenvalue weighted by Crippen LogP contribution is -2.27. The Balaban J connectivity index is 1.70. The standard InChI is InChI=1S/C19H26N2O3S/c1-3-20(14-17-9-5-4-8-16(17)2)15-18-10-11-19(24-18)25(22,23)21-12-6-7-13-21/h4-5,8-11H,3,6-7,12-15H2,1-2H3. The Labute approximate surface area is 150 Å². The number of benzene rings is 1. The number of sulfonamides is 1. The van der Waals surface area contributed by atoms with Crippen LogP contribution in [0.4, 0.5) is 0 Å². The third kappa shape index (κ3) is 4.14. The molecule has 0 bridgehead atoms. The van der Waals surface area contributed by atoms with E-state index < -0.39 is 10.0 Å². The average molecular weight is 362 g/mol. The minimum absolute atomic E-state index is 0.0661. The molecule has 5 nitrogen and oxygen atoms in total. The molecule has 136 valence electrons. The quantitative estimate of drug-likeness (QED) is 0.757. The molecule has 1 aromatic carbocycles. The van der Waals surface area contributed by atoms with Crippen LogP contribution in [0.3, 0.4) is 0 Å². The highest BCUT2D eigenvalue weighted by Gasteiger charge is 2.30. The molecule has 3 rings (SSSR count). The van der Waals surface area contributed by atoms with Crippen molar-refractivity contribution in [3.05, 3.63) is 53.3 Å². The molecule has 0 atom stereocenters. The number of rotatable bonds is 7. The van der Waals surface area contributed by atoms with Crippen LogP contribution in [0.25, 0.3) is 0 Å². The molecular weight excluding hydrogens is 336 g/mol. The molecule has 0 spiro atoms. The summed E-state index contributed by atoms with van der Waals surface area (Å²) < 4.78 is 32.3. The highest BCUT2D eigenvalue weighted by atomic mass is 32.2. The van der Waals surface area contributed by atoms with Crippen molar-refractivity contribution in [3.8, 4) is 0 Å². The first-order chi connectivity index (χ1) is 12.0. The van der Waals surface area contributed by atoms with E-state index in [1.165, 1.54) is 15.4 Å². The molecule has 2 aromatic rings. The van der Waals surface area contributed by atoms with Crippen molar-refractivity contribution in [1.82, 2.24) is 9.21 Å². The Bertz CT molecular complexity index is 808. The van der Waals surface area contributed by atoms with Crippen LogP contribution >= 0.6 is 0 Å². The summed E-state index contributed by atoms with van der Waals surface area (Å²) in [5.74, 6) is 0.688. The van der Waals surface area contributed by atoms with E-state index in [0.717, 1.165) is 25.9 Å². The number of furan rings is 1. The fraction of sp³-hybridized carbons (Fsp3) is 0.474. The molecule has 1 saturated heterocycles. The second kappa shape index (κ2) is 7.72. The SMILES string of the molecule is CCN(Cc1ccc(S(=O)(=O)N2CCCC2)o1)Cc1ccccc1C. The van der Waals surface area contributed by atoms with Crippen molar-refractivity contribution < 1.29 is 12.8 Å². The smallest absolute Gasteiger partial charge is 0.276 e. The molecule has 0 aliphatic carbocycles. The number of nitrogens with zero attached hydrogens (tertiary/aromatic N) is 2. The van der Waals surface area contributed by atoms with E-state index in [9.17, 15) is 8.42 Å². The minimum atomic E-state index is -3.48. The van der Waals surface area contributed by atoms with Gasteiger partial charge in [-0.3, -0.25) is 4.90 Å². The van der Waals surface area contributed by atoms with Gasteiger partial charge in [0.1, 0.15) is 5.76 Å². The van der Waals surface area contributed by atoms with Gasteiger partial charge in [-0.2, -0.15) is 4.31 Å². The number of hydrogen-bond acceptors (Lipinski definition) is 4. The predicted octanol–water partition coefficient (Wildman–Crippen LogP) is 3.39. The lowest BCUT2D eigenvalue weighted by Gasteiger charge is -2.20. The fourth-order valence-electron chi connectivity index (χ4n) is 3.17. The van der Waals surface area contributed by atoms with Gasteiger partial charge in [0.25, 0.3) is 10.0 Å². The van der Waals surface area contributed by atoms with Crippen LogP contribution < -0.4 is 0 Å². The molecule has 0 N–H and O–H groups in total. The Hall–Kier alpha value is -1.63. The third-order valence-electron chi connectivity index (χ3n) is 4.78. The molecule has 25 heavy (non-hydrogen) atoms. The molecule has 1 aliphatic rings. The van der Waals surface area contributed by atoms with E-state index >= 15 is 0 Å². The van der Waals surface area contributed by atoms with Gasteiger partial charge in [-0.25, -0.2) is 8.42 Å². The van der Waals surface area contributed by atoms with Crippen LogP contribution in [-0.4, -0.2) is 37.3 Å². The molecule has 0 amide bonds.